The second-order valence-corrected chi connectivity index (χ2v) is 3.89. The number of hydrogen-bond acceptors (Lipinski definition) is 6. The van der Waals surface area contributed by atoms with E-state index in [1.54, 1.807) is 6.92 Å². The van der Waals surface area contributed by atoms with Gasteiger partial charge >= 0.3 is 0 Å². The van der Waals surface area contributed by atoms with E-state index in [0.717, 1.165) is 0 Å². The molecule has 1 fully saturated rings. The summed E-state index contributed by atoms with van der Waals surface area (Å²) in [6.07, 6.45) is -4.33. The highest BCUT2D eigenvalue weighted by Gasteiger charge is 2.45. The molecule has 17 heavy (non-hydrogen) atoms. The number of rotatable bonds is 4. The number of carbonyl (C=O) groups excluding carboxylic acids is 1. The van der Waals surface area contributed by atoms with Crippen LogP contribution in [0.25, 0.3) is 0 Å². The number of hydrogen-bond donors (Lipinski definition) is 4. The summed E-state index contributed by atoms with van der Waals surface area (Å²) in [7, 11) is 0. The van der Waals surface area contributed by atoms with Gasteiger partial charge in [-0.15, -0.1) is 0 Å². The largest absolute Gasteiger partial charge is 0.394 e. The molecule has 5 atom stereocenters. The molecule has 7 heteroatoms. The average Bonchev–Trinajstić information content (AvgIpc) is 2.28. The zero-order chi connectivity index (χ0) is 13.0. The van der Waals surface area contributed by atoms with Crippen LogP contribution in [0.4, 0.5) is 0 Å². The first-order chi connectivity index (χ1) is 8.01. The quantitative estimate of drug-likeness (QED) is 0.457. The molecule has 100 valence electrons. The summed E-state index contributed by atoms with van der Waals surface area (Å²) in [4.78, 5) is 11.0. The van der Waals surface area contributed by atoms with Crippen LogP contribution < -0.4 is 5.32 Å². The molecular formula is C10H19NO6. The molecule has 0 aromatic rings. The van der Waals surface area contributed by atoms with E-state index in [2.05, 4.69) is 5.32 Å². The van der Waals surface area contributed by atoms with Crippen molar-refractivity contribution in [2.24, 2.45) is 0 Å². The zero-order valence-corrected chi connectivity index (χ0v) is 9.87. The van der Waals surface area contributed by atoms with E-state index in [1.165, 1.54) is 6.92 Å². The summed E-state index contributed by atoms with van der Waals surface area (Å²) in [6.45, 7) is 2.91. The van der Waals surface area contributed by atoms with Crippen molar-refractivity contribution in [1.29, 1.82) is 0 Å². The first-order valence-electron chi connectivity index (χ1n) is 5.52. The summed E-state index contributed by atoms with van der Waals surface area (Å²) in [5.74, 6) is -0.364. The fraction of sp³-hybridized carbons (Fsp3) is 0.900. The molecule has 0 aliphatic carbocycles. The summed E-state index contributed by atoms with van der Waals surface area (Å²) in [6, 6.07) is -0.856. The second-order valence-electron chi connectivity index (χ2n) is 3.89. The Morgan fingerprint density at radius 2 is 2.06 bits per heavy atom. The molecule has 1 saturated heterocycles. The van der Waals surface area contributed by atoms with Crippen LogP contribution in [0.3, 0.4) is 0 Å². The predicted molar refractivity (Wildman–Crippen MR) is 57.0 cm³/mol. The van der Waals surface area contributed by atoms with E-state index < -0.39 is 37.3 Å². The topological polar surface area (TPSA) is 108 Å². The fourth-order valence-electron chi connectivity index (χ4n) is 1.78. The minimum atomic E-state index is -1.27. The smallest absolute Gasteiger partial charge is 0.217 e. The third-order valence-corrected chi connectivity index (χ3v) is 2.58. The van der Waals surface area contributed by atoms with Gasteiger partial charge in [-0.1, -0.05) is 0 Å². The fourth-order valence-corrected chi connectivity index (χ4v) is 1.78. The van der Waals surface area contributed by atoms with Gasteiger partial charge in [0.2, 0.25) is 5.91 Å². The molecule has 1 rings (SSSR count). The SMILES string of the molecule is CCO[C@H]1OC(CO)C(O)C(O)C1NC(C)=O. The van der Waals surface area contributed by atoms with E-state index in [4.69, 9.17) is 14.6 Å². The number of nitrogens with one attached hydrogen (secondary N) is 1. The lowest BCUT2D eigenvalue weighted by Crippen LogP contribution is -2.64. The molecule has 0 aromatic heterocycles. The minimum Gasteiger partial charge on any atom is -0.394 e. The van der Waals surface area contributed by atoms with E-state index in [-0.39, 0.29) is 5.91 Å². The Morgan fingerprint density at radius 3 is 2.53 bits per heavy atom. The van der Waals surface area contributed by atoms with Gasteiger partial charge in [0, 0.05) is 13.5 Å². The van der Waals surface area contributed by atoms with Crippen LogP contribution in [0.1, 0.15) is 13.8 Å². The maximum Gasteiger partial charge on any atom is 0.217 e. The molecule has 0 aromatic carbocycles. The number of ether oxygens (including phenoxy) is 2. The molecule has 1 aliphatic rings. The van der Waals surface area contributed by atoms with Crippen molar-refractivity contribution < 1.29 is 29.6 Å². The third-order valence-electron chi connectivity index (χ3n) is 2.58. The Balaban J connectivity index is 2.78. The van der Waals surface area contributed by atoms with Gasteiger partial charge in [-0.25, -0.2) is 0 Å². The van der Waals surface area contributed by atoms with Gasteiger partial charge in [0.05, 0.1) is 6.61 Å². The van der Waals surface area contributed by atoms with E-state index in [9.17, 15) is 15.0 Å². The van der Waals surface area contributed by atoms with Crippen LogP contribution in [-0.4, -0.2) is 65.1 Å². The Bertz CT molecular complexity index is 261. The van der Waals surface area contributed by atoms with Gasteiger partial charge < -0.3 is 30.1 Å². The normalized spacial score (nSPS) is 37.8. The van der Waals surface area contributed by atoms with Crippen molar-refractivity contribution in [2.45, 2.75) is 44.5 Å². The molecule has 0 bridgehead atoms. The average molecular weight is 249 g/mol. The van der Waals surface area contributed by atoms with Crippen molar-refractivity contribution in [3.63, 3.8) is 0 Å². The lowest BCUT2D eigenvalue weighted by Gasteiger charge is -2.42. The van der Waals surface area contributed by atoms with Crippen LogP contribution in [0.2, 0.25) is 0 Å². The zero-order valence-electron chi connectivity index (χ0n) is 9.87. The van der Waals surface area contributed by atoms with Gasteiger partial charge in [-0.3, -0.25) is 4.79 Å². The number of amides is 1. The molecule has 7 nitrogen and oxygen atoms in total. The van der Waals surface area contributed by atoms with E-state index in [0.29, 0.717) is 6.61 Å². The molecular weight excluding hydrogens is 230 g/mol. The predicted octanol–water partition coefficient (Wildman–Crippen LogP) is -2.03. The number of carbonyl (C=O) groups is 1. The summed E-state index contributed by atoms with van der Waals surface area (Å²) in [5, 5.41) is 31.0. The lowest BCUT2D eigenvalue weighted by atomic mass is 9.97. The summed E-state index contributed by atoms with van der Waals surface area (Å²) >= 11 is 0. The van der Waals surface area contributed by atoms with Gasteiger partial charge in [0.1, 0.15) is 24.4 Å². The number of aliphatic hydroxyl groups excluding tert-OH is 3. The highest BCUT2D eigenvalue weighted by Crippen LogP contribution is 2.21. The van der Waals surface area contributed by atoms with Crippen molar-refractivity contribution in [3.8, 4) is 0 Å². The van der Waals surface area contributed by atoms with Gasteiger partial charge in [-0.2, -0.15) is 0 Å². The molecule has 1 amide bonds. The maximum absolute atomic E-state index is 11.0. The second kappa shape index (κ2) is 6.27. The summed E-state index contributed by atoms with van der Waals surface area (Å²) < 4.78 is 10.5. The standard InChI is InChI=1S/C10H19NO6/c1-3-16-10-7(11-5(2)13)9(15)8(14)6(4-12)17-10/h6-10,12,14-15H,3-4H2,1-2H3,(H,11,13)/t6?,7?,8?,9?,10-/m0/s1. The molecule has 0 spiro atoms. The van der Waals surface area contributed by atoms with Crippen LogP contribution in [0, 0.1) is 0 Å². The van der Waals surface area contributed by atoms with Crippen molar-refractivity contribution in [3.05, 3.63) is 0 Å². The highest BCUT2D eigenvalue weighted by molar-refractivity contribution is 5.73. The highest BCUT2D eigenvalue weighted by atomic mass is 16.7. The summed E-state index contributed by atoms with van der Waals surface area (Å²) in [5.41, 5.74) is 0. The monoisotopic (exact) mass is 249 g/mol. The maximum atomic E-state index is 11.0. The van der Waals surface area contributed by atoms with Crippen LogP contribution in [-0.2, 0) is 14.3 Å². The lowest BCUT2D eigenvalue weighted by molar-refractivity contribution is -0.268. The van der Waals surface area contributed by atoms with E-state index >= 15 is 0 Å². The van der Waals surface area contributed by atoms with Crippen LogP contribution >= 0.6 is 0 Å². The first-order valence-corrected chi connectivity index (χ1v) is 5.52. The molecule has 1 aliphatic heterocycles. The minimum absolute atomic E-state index is 0.321. The Hall–Kier alpha value is -0.730. The number of aliphatic hydroxyl groups is 3. The molecule has 0 saturated carbocycles. The third kappa shape index (κ3) is 3.36. The van der Waals surface area contributed by atoms with Crippen molar-refractivity contribution >= 4 is 5.91 Å². The van der Waals surface area contributed by atoms with Gasteiger partial charge in [0.25, 0.3) is 0 Å². The molecule has 0 radical (unpaired) electrons. The van der Waals surface area contributed by atoms with Gasteiger partial charge in [0.15, 0.2) is 6.29 Å². The van der Waals surface area contributed by atoms with E-state index in [1.807, 2.05) is 0 Å². The Kier molecular flexibility index (Phi) is 5.29. The molecule has 4 N–H and O–H groups in total. The Labute approximate surface area is 99.3 Å². The molecule has 4 unspecified atom stereocenters. The van der Waals surface area contributed by atoms with Crippen molar-refractivity contribution in [2.75, 3.05) is 13.2 Å². The van der Waals surface area contributed by atoms with Crippen LogP contribution in [0.15, 0.2) is 0 Å². The Morgan fingerprint density at radius 1 is 1.41 bits per heavy atom. The van der Waals surface area contributed by atoms with Gasteiger partial charge in [-0.05, 0) is 6.92 Å². The van der Waals surface area contributed by atoms with Crippen molar-refractivity contribution in [1.82, 2.24) is 5.32 Å². The molecule has 1 heterocycles. The first kappa shape index (κ1) is 14.3. The van der Waals surface area contributed by atoms with Crippen LogP contribution in [0.5, 0.6) is 0 Å².